The van der Waals surface area contributed by atoms with E-state index in [0.717, 1.165) is 5.56 Å². The molecule has 0 unspecified atom stereocenters. The Morgan fingerprint density at radius 3 is 2.22 bits per heavy atom. The molecule has 0 saturated carbocycles. The van der Waals surface area contributed by atoms with E-state index in [4.69, 9.17) is 0 Å². The topological polar surface area (TPSA) is 3.24 Å². The lowest BCUT2D eigenvalue weighted by Crippen LogP contribution is -2.17. The van der Waals surface area contributed by atoms with E-state index in [1.807, 2.05) is 18.0 Å². The van der Waals surface area contributed by atoms with Crippen molar-refractivity contribution in [1.29, 1.82) is 0 Å². The normalized spacial score (nSPS) is 10.9. The smallest absolute Gasteiger partial charge is 0.127 e. The number of halogens is 2. The highest BCUT2D eigenvalue weighted by Crippen LogP contribution is 2.11. The standard InChI is InChI=1S/C15H15F2N/c1-18(10-12-6-8-14(16)9-7-12)11-13-4-2-3-5-15(13)17/h2-9H,10-11H2,1H3. The van der Waals surface area contributed by atoms with Gasteiger partial charge in [0.15, 0.2) is 0 Å². The summed E-state index contributed by atoms with van der Waals surface area (Å²) in [6.45, 7) is 1.19. The van der Waals surface area contributed by atoms with Gasteiger partial charge in [-0.05, 0) is 30.8 Å². The average Bonchev–Trinajstić information content (AvgIpc) is 2.35. The highest BCUT2D eigenvalue weighted by atomic mass is 19.1. The van der Waals surface area contributed by atoms with Crippen molar-refractivity contribution in [3.05, 3.63) is 71.3 Å². The summed E-state index contributed by atoms with van der Waals surface area (Å²) in [5.41, 5.74) is 1.68. The molecule has 0 radical (unpaired) electrons. The van der Waals surface area contributed by atoms with Crippen LogP contribution < -0.4 is 0 Å². The van der Waals surface area contributed by atoms with Crippen LogP contribution in [0.4, 0.5) is 8.78 Å². The maximum absolute atomic E-state index is 13.5. The second-order valence-electron chi connectivity index (χ2n) is 4.39. The van der Waals surface area contributed by atoms with Crippen LogP contribution in [0.15, 0.2) is 48.5 Å². The fourth-order valence-electron chi connectivity index (χ4n) is 1.87. The fourth-order valence-corrected chi connectivity index (χ4v) is 1.87. The quantitative estimate of drug-likeness (QED) is 0.798. The molecular weight excluding hydrogens is 232 g/mol. The van der Waals surface area contributed by atoms with Crippen LogP contribution in [0.2, 0.25) is 0 Å². The Labute approximate surface area is 106 Å². The van der Waals surface area contributed by atoms with Crippen molar-refractivity contribution < 1.29 is 8.78 Å². The molecule has 0 fully saturated rings. The molecular formula is C15H15F2N. The zero-order valence-corrected chi connectivity index (χ0v) is 10.2. The van der Waals surface area contributed by atoms with Crippen molar-refractivity contribution in [2.45, 2.75) is 13.1 Å². The lowest BCUT2D eigenvalue weighted by molar-refractivity contribution is 0.313. The van der Waals surface area contributed by atoms with Crippen molar-refractivity contribution >= 4 is 0 Å². The third-order valence-electron chi connectivity index (χ3n) is 2.76. The number of nitrogens with zero attached hydrogens (tertiary/aromatic N) is 1. The van der Waals surface area contributed by atoms with E-state index < -0.39 is 0 Å². The summed E-state index contributed by atoms with van der Waals surface area (Å²) in [5, 5.41) is 0. The second-order valence-corrected chi connectivity index (χ2v) is 4.39. The third-order valence-corrected chi connectivity index (χ3v) is 2.76. The molecule has 0 spiro atoms. The van der Waals surface area contributed by atoms with Crippen LogP contribution in [0.1, 0.15) is 11.1 Å². The maximum atomic E-state index is 13.5. The van der Waals surface area contributed by atoms with Gasteiger partial charge in [-0.3, -0.25) is 4.90 Å². The van der Waals surface area contributed by atoms with E-state index in [2.05, 4.69) is 0 Å². The van der Waals surface area contributed by atoms with E-state index in [9.17, 15) is 8.78 Å². The van der Waals surface area contributed by atoms with Crippen LogP contribution in [-0.2, 0) is 13.1 Å². The van der Waals surface area contributed by atoms with Crippen LogP contribution in [0.3, 0.4) is 0 Å². The Hall–Kier alpha value is -1.74. The summed E-state index contributed by atoms with van der Waals surface area (Å²) >= 11 is 0. The number of hydrogen-bond acceptors (Lipinski definition) is 1. The van der Waals surface area contributed by atoms with Crippen molar-refractivity contribution in [2.75, 3.05) is 7.05 Å². The lowest BCUT2D eigenvalue weighted by Gasteiger charge is -2.17. The van der Waals surface area contributed by atoms with Crippen LogP contribution in [0, 0.1) is 11.6 Å². The first-order valence-electron chi connectivity index (χ1n) is 5.81. The van der Waals surface area contributed by atoms with Gasteiger partial charge in [-0.15, -0.1) is 0 Å². The maximum Gasteiger partial charge on any atom is 0.127 e. The zero-order chi connectivity index (χ0) is 13.0. The first kappa shape index (κ1) is 12.7. The SMILES string of the molecule is CN(Cc1ccc(F)cc1)Cc1ccccc1F. The van der Waals surface area contributed by atoms with Gasteiger partial charge in [-0.1, -0.05) is 30.3 Å². The van der Waals surface area contributed by atoms with Crippen LogP contribution in [0.25, 0.3) is 0 Å². The largest absolute Gasteiger partial charge is 0.298 e. The summed E-state index contributed by atoms with van der Waals surface area (Å²) < 4.78 is 26.2. The van der Waals surface area contributed by atoms with Crippen molar-refractivity contribution in [3.63, 3.8) is 0 Å². The molecule has 3 heteroatoms. The lowest BCUT2D eigenvalue weighted by atomic mass is 10.1. The van der Waals surface area contributed by atoms with E-state index in [-0.39, 0.29) is 11.6 Å². The zero-order valence-electron chi connectivity index (χ0n) is 10.2. The van der Waals surface area contributed by atoms with Crippen LogP contribution in [-0.4, -0.2) is 11.9 Å². The molecule has 0 aliphatic heterocycles. The van der Waals surface area contributed by atoms with Gasteiger partial charge in [-0.2, -0.15) is 0 Å². The van der Waals surface area contributed by atoms with Crippen LogP contribution in [0.5, 0.6) is 0 Å². The molecule has 0 heterocycles. The minimum absolute atomic E-state index is 0.191. The predicted molar refractivity (Wildman–Crippen MR) is 68.0 cm³/mol. The number of rotatable bonds is 4. The Bertz CT molecular complexity index is 508. The van der Waals surface area contributed by atoms with Gasteiger partial charge in [0.05, 0.1) is 0 Å². The minimum Gasteiger partial charge on any atom is -0.298 e. The predicted octanol–water partition coefficient (Wildman–Crippen LogP) is 3.60. The molecule has 94 valence electrons. The highest BCUT2D eigenvalue weighted by Gasteiger charge is 2.05. The van der Waals surface area contributed by atoms with Gasteiger partial charge < -0.3 is 0 Å². The Balaban J connectivity index is 1.99. The summed E-state index contributed by atoms with van der Waals surface area (Å²) in [6, 6.07) is 13.1. The average molecular weight is 247 g/mol. The Morgan fingerprint density at radius 1 is 0.889 bits per heavy atom. The highest BCUT2D eigenvalue weighted by molar-refractivity contribution is 5.18. The van der Waals surface area contributed by atoms with Crippen molar-refractivity contribution in [1.82, 2.24) is 4.90 Å². The van der Waals surface area contributed by atoms with E-state index >= 15 is 0 Å². The molecule has 18 heavy (non-hydrogen) atoms. The van der Waals surface area contributed by atoms with E-state index in [0.29, 0.717) is 18.7 Å². The van der Waals surface area contributed by atoms with Gasteiger partial charge >= 0.3 is 0 Å². The van der Waals surface area contributed by atoms with Gasteiger partial charge in [0.2, 0.25) is 0 Å². The molecule has 1 nitrogen and oxygen atoms in total. The van der Waals surface area contributed by atoms with Crippen molar-refractivity contribution in [3.8, 4) is 0 Å². The van der Waals surface area contributed by atoms with E-state index in [1.54, 1.807) is 24.3 Å². The first-order valence-corrected chi connectivity index (χ1v) is 5.81. The van der Waals surface area contributed by atoms with E-state index in [1.165, 1.54) is 18.2 Å². The monoisotopic (exact) mass is 247 g/mol. The molecule has 0 aliphatic carbocycles. The molecule has 0 atom stereocenters. The fraction of sp³-hybridized carbons (Fsp3) is 0.200. The molecule has 0 amide bonds. The third kappa shape index (κ3) is 3.37. The molecule has 2 rings (SSSR count). The molecule has 0 aromatic heterocycles. The van der Waals surface area contributed by atoms with Gasteiger partial charge in [0.25, 0.3) is 0 Å². The first-order chi connectivity index (χ1) is 8.65. The molecule has 0 bridgehead atoms. The van der Waals surface area contributed by atoms with Gasteiger partial charge in [-0.25, -0.2) is 8.78 Å². The molecule has 0 N–H and O–H groups in total. The number of hydrogen-bond donors (Lipinski definition) is 0. The summed E-state index contributed by atoms with van der Waals surface area (Å²) in [5.74, 6) is -0.432. The molecule has 2 aromatic rings. The van der Waals surface area contributed by atoms with Crippen LogP contribution >= 0.6 is 0 Å². The molecule has 2 aromatic carbocycles. The summed E-state index contributed by atoms with van der Waals surface area (Å²) in [6.07, 6.45) is 0. The van der Waals surface area contributed by atoms with Gasteiger partial charge in [0.1, 0.15) is 11.6 Å². The summed E-state index contributed by atoms with van der Waals surface area (Å²) in [4.78, 5) is 1.99. The molecule has 0 aliphatic rings. The second kappa shape index (κ2) is 5.74. The van der Waals surface area contributed by atoms with Gasteiger partial charge in [0, 0.05) is 18.7 Å². The molecule has 0 saturated heterocycles. The van der Waals surface area contributed by atoms with Crippen molar-refractivity contribution in [2.24, 2.45) is 0 Å². The minimum atomic E-state index is -0.240. The Morgan fingerprint density at radius 2 is 1.56 bits per heavy atom. The Kier molecular flexibility index (Phi) is 4.05. The summed E-state index contributed by atoms with van der Waals surface area (Å²) in [7, 11) is 1.91. The number of benzene rings is 2.